The van der Waals surface area contributed by atoms with Crippen LogP contribution in [0.25, 0.3) is 0 Å². The van der Waals surface area contributed by atoms with Crippen molar-refractivity contribution in [1.29, 1.82) is 5.26 Å². The average molecular weight is 260 g/mol. The van der Waals surface area contributed by atoms with Gasteiger partial charge in [-0.05, 0) is 31.2 Å². The highest BCUT2D eigenvalue weighted by molar-refractivity contribution is 5.69. The molecule has 4 heteroatoms. The third-order valence-corrected chi connectivity index (χ3v) is 3.41. The highest BCUT2D eigenvalue weighted by Crippen LogP contribution is 2.21. The zero-order valence-corrected chi connectivity index (χ0v) is 11.6. The van der Waals surface area contributed by atoms with E-state index in [1.165, 1.54) is 0 Å². The Kier molecular flexibility index (Phi) is 5.53. The first-order valence-corrected chi connectivity index (χ1v) is 6.46. The van der Waals surface area contributed by atoms with E-state index in [9.17, 15) is 4.79 Å². The highest BCUT2D eigenvalue weighted by atomic mass is 16.4. The lowest BCUT2D eigenvalue weighted by atomic mass is 10.0. The fourth-order valence-corrected chi connectivity index (χ4v) is 2.04. The van der Waals surface area contributed by atoms with Crippen molar-refractivity contribution >= 4 is 5.97 Å². The molecule has 1 aromatic carbocycles. The van der Waals surface area contributed by atoms with Gasteiger partial charge >= 0.3 is 5.97 Å². The Bertz CT molecular complexity index is 462. The number of carbonyl (C=O) groups is 1. The summed E-state index contributed by atoms with van der Waals surface area (Å²) in [5, 5.41) is 17.8. The predicted molar refractivity (Wildman–Crippen MR) is 73.6 cm³/mol. The number of hydrogen-bond donors (Lipinski definition) is 1. The molecule has 0 aliphatic carbocycles. The van der Waals surface area contributed by atoms with Crippen molar-refractivity contribution < 1.29 is 9.90 Å². The summed E-state index contributed by atoms with van der Waals surface area (Å²) in [6.45, 7) is 7.11. The van der Waals surface area contributed by atoms with Gasteiger partial charge in [-0.1, -0.05) is 26.0 Å². The van der Waals surface area contributed by atoms with Gasteiger partial charge in [-0.25, -0.2) is 0 Å². The summed E-state index contributed by atoms with van der Waals surface area (Å²) in [6.07, 6.45) is 0. The zero-order chi connectivity index (χ0) is 14.4. The Hall–Kier alpha value is -1.86. The van der Waals surface area contributed by atoms with Crippen LogP contribution in [0.4, 0.5) is 0 Å². The number of carboxylic acid groups (broad SMARTS) is 1. The molecule has 0 saturated carbocycles. The Morgan fingerprint density at radius 1 is 1.37 bits per heavy atom. The van der Waals surface area contributed by atoms with E-state index in [0.29, 0.717) is 12.1 Å². The Morgan fingerprint density at radius 3 is 2.37 bits per heavy atom. The van der Waals surface area contributed by atoms with Crippen LogP contribution in [0.1, 0.15) is 37.9 Å². The molecule has 1 aromatic rings. The molecule has 0 saturated heterocycles. The summed E-state index contributed by atoms with van der Waals surface area (Å²) < 4.78 is 0. The first-order valence-electron chi connectivity index (χ1n) is 6.46. The third-order valence-electron chi connectivity index (χ3n) is 3.41. The summed E-state index contributed by atoms with van der Waals surface area (Å²) in [5.74, 6) is -1.16. The minimum Gasteiger partial charge on any atom is -0.481 e. The molecule has 2 atom stereocenters. The monoisotopic (exact) mass is 260 g/mol. The standard InChI is InChI=1S/C15H20N2O2/c1-4-17(10-11(2)15(18)19)12(3)14-7-5-13(9-16)6-8-14/h5-8,11-12H,4,10H2,1-3H3,(H,18,19). The van der Waals surface area contributed by atoms with Gasteiger partial charge in [0.15, 0.2) is 0 Å². The van der Waals surface area contributed by atoms with Crippen LogP contribution in [0.15, 0.2) is 24.3 Å². The van der Waals surface area contributed by atoms with Crippen molar-refractivity contribution in [3.8, 4) is 6.07 Å². The van der Waals surface area contributed by atoms with Crippen LogP contribution in [0, 0.1) is 17.2 Å². The summed E-state index contributed by atoms with van der Waals surface area (Å²) in [7, 11) is 0. The van der Waals surface area contributed by atoms with Gasteiger partial charge in [0.25, 0.3) is 0 Å². The summed E-state index contributed by atoms with van der Waals surface area (Å²) in [6, 6.07) is 9.67. The molecule has 0 aliphatic heterocycles. The third kappa shape index (κ3) is 4.08. The molecule has 0 aromatic heterocycles. The molecular formula is C15H20N2O2. The second kappa shape index (κ2) is 6.91. The van der Waals surface area contributed by atoms with Crippen molar-refractivity contribution in [2.45, 2.75) is 26.8 Å². The second-order valence-corrected chi connectivity index (χ2v) is 4.74. The highest BCUT2D eigenvalue weighted by Gasteiger charge is 2.20. The van der Waals surface area contributed by atoms with Gasteiger partial charge in [0, 0.05) is 12.6 Å². The van der Waals surface area contributed by atoms with Crippen LogP contribution in [-0.2, 0) is 4.79 Å². The lowest BCUT2D eigenvalue weighted by Crippen LogP contribution is -2.33. The maximum Gasteiger partial charge on any atom is 0.307 e. The summed E-state index contributed by atoms with van der Waals surface area (Å²) >= 11 is 0. The summed E-state index contributed by atoms with van der Waals surface area (Å²) in [4.78, 5) is 13.1. The van der Waals surface area contributed by atoms with Crippen molar-refractivity contribution in [1.82, 2.24) is 4.90 Å². The Balaban J connectivity index is 2.80. The quantitative estimate of drug-likeness (QED) is 0.854. The average Bonchev–Trinajstić information content (AvgIpc) is 2.43. The van der Waals surface area contributed by atoms with Crippen molar-refractivity contribution in [2.24, 2.45) is 5.92 Å². The molecule has 0 heterocycles. The van der Waals surface area contributed by atoms with Crippen LogP contribution < -0.4 is 0 Å². The molecule has 4 nitrogen and oxygen atoms in total. The van der Waals surface area contributed by atoms with Crippen molar-refractivity contribution in [3.63, 3.8) is 0 Å². The van der Waals surface area contributed by atoms with E-state index in [0.717, 1.165) is 12.1 Å². The topological polar surface area (TPSA) is 64.3 Å². The largest absolute Gasteiger partial charge is 0.481 e. The van der Waals surface area contributed by atoms with Gasteiger partial charge in [0.05, 0.1) is 17.6 Å². The maximum atomic E-state index is 10.9. The molecule has 1 N–H and O–H groups in total. The minimum atomic E-state index is -0.773. The van der Waals surface area contributed by atoms with Crippen molar-refractivity contribution in [2.75, 3.05) is 13.1 Å². The molecule has 0 bridgehead atoms. The molecular weight excluding hydrogens is 240 g/mol. The van der Waals surface area contributed by atoms with Gasteiger partial charge in [-0.3, -0.25) is 9.69 Å². The molecule has 0 amide bonds. The van der Waals surface area contributed by atoms with Gasteiger partial charge in [0.1, 0.15) is 0 Å². The van der Waals surface area contributed by atoms with Crippen LogP contribution in [0.5, 0.6) is 0 Å². The van der Waals surface area contributed by atoms with Crippen LogP contribution in [-0.4, -0.2) is 29.1 Å². The number of nitriles is 1. The molecule has 1 rings (SSSR count). The van der Waals surface area contributed by atoms with Crippen LogP contribution in [0.2, 0.25) is 0 Å². The second-order valence-electron chi connectivity index (χ2n) is 4.74. The zero-order valence-electron chi connectivity index (χ0n) is 11.6. The first-order chi connectivity index (χ1) is 8.99. The first kappa shape index (κ1) is 15.2. The number of rotatable bonds is 6. The van der Waals surface area contributed by atoms with Gasteiger partial charge < -0.3 is 5.11 Å². The van der Waals surface area contributed by atoms with Crippen LogP contribution in [0.3, 0.4) is 0 Å². The Labute approximate surface area is 114 Å². The number of carboxylic acids is 1. The molecule has 0 aliphatic rings. The van der Waals surface area contributed by atoms with E-state index < -0.39 is 5.97 Å². The lowest BCUT2D eigenvalue weighted by Gasteiger charge is -2.29. The number of nitrogens with zero attached hydrogens (tertiary/aromatic N) is 2. The van der Waals surface area contributed by atoms with E-state index in [1.807, 2.05) is 19.1 Å². The van der Waals surface area contributed by atoms with Crippen molar-refractivity contribution in [3.05, 3.63) is 35.4 Å². The van der Waals surface area contributed by atoms with Gasteiger partial charge in [-0.15, -0.1) is 0 Å². The van der Waals surface area contributed by atoms with E-state index in [2.05, 4.69) is 17.9 Å². The van der Waals surface area contributed by atoms with E-state index in [4.69, 9.17) is 10.4 Å². The molecule has 102 valence electrons. The predicted octanol–water partition coefficient (Wildman–Crippen LogP) is 2.66. The normalized spacial score (nSPS) is 13.8. The number of hydrogen-bond acceptors (Lipinski definition) is 3. The molecule has 0 spiro atoms. The van der Waals surface area contributed by atoms with E-state index in [1.54, 1.807) is 19.1 Å². The molecule has 2 unspecified atom stereocenters. The van der Waals surface area contributed by atoms with Crippen LogP contribution >= 0.6 is 0 Å². The number of benzene rings is 1. The van der Waals surface area contributed by atoms with E-state index in [-0.39, 0.29) is 12.0 Å². The fourth-order valence-electron chi connectivity index (χ4n) is 2.04. The van der Waals surface area contributed by atoms with Gasteiger partial charge in [0.2, 0.25) is 0 Å². The fraction of sp³-hybridized carbons (Fsp3) is 0.467. The Morgan fingerprint density at radius 2 is 1.95 bits per heavy atom. The number of aliphatic carboxylic acids is 1. The smallest absolute Gasteiger partial charge is 0.307 e. The SMILES string of the molecule is CCN(CC(C)C(=O)O)C(C)c1ccc(C#N)cc1. The van der Waals surface area contributed by atoms with Gasteiger partial charge in [-0.2, -0.15) is 5.26 Å². The molecule has 19 heavy (non-hydrogen) atoms. The minimum absolute atomic E-state index is 0.138. The maximum absolute atomic E-state index is 10.9. The molecule has 0 radical (unpaired) electrons. The lowest BCUT2D eigenvalue weighted by molar-refractivity contribution is -0.141. The van der Waals surface area contributed by atoms with E-state index >= 15 is 0 Å². The summed E-state index contributed by atoms with van der Waals surface area (Å²) in [5.41, 5.74) is 1.73. The molecule has 0 fully saturated rings.